The molecule has 1 fully saturated rings. The van der Waals surface area contributed by atoms with Crippen LogP contribution in [-0.2, 0) is 4.79 Å². The predicted octanol–water partition coefficient (Wildman–Crippen LogP) is 2.08. The molecule has 2 amide bonds. The van der Waals surface area contributed by atoms with Crippen LogP contribution < -0.4 is 10.1 Å². The van der Waals surface area contributed by atoms with Gasteiger partial charge in [0, 0.05) is 31.5 Å². The Kier molecular flexibility index (Phi) is 3.91. The smallest absolute Gasteiger partial charge is 0.265 e. The number of carbonyl (C=O) groups excluding carboxylic acids is 2. The molecule has 7 heteroatoms. The fourth-order valence-corrected chi connectivity index (χ4v) is 3.42. The van der Waals surface area contributed by atoms with Crippen molar-refractivity contribution in [3.63, 3.8) is 0 Å². The fraction of sp³-hybridized carbons (Fsp3) is 0.389. The molecule has 1 saturated heterocycles. The molecule has 2 aromatic rings. The first-order valence-corrected chi connectivity index (χ1v) is 8.51. The van der Waals surface area contributed by atoms with Crippen molar-refractivity contribution in [1.82, 2.24) is 14.5 Å². The standard InChI is InChI=1S/C18H20N4O3/c1-12-17(23)20-15-4-2-3-14(16(15)25-12)18(24)21-8-5-13(6-9-21)22-10-7-19-11-22/h2-4,7,10-13H,5-6,8-9H2,1H3,(H,20,23). The molecule has 1 aromatic carbocycles. The maximum absolute atomic E-state index is 13.0. The van der Waals surface area contributed by atoms with Crippen LogP contribution in [0.4, 0.5) is 5.69 Å². The Morgan fingerprint density at radius 3 is 2.84 bits per heavy atom. The van der Waals surface area contributed by atoms with Crippen molar-refractivity contribution in [3.05, 3.63) is 42.5 Å². The van der Waals surface area contributed by atoms with Gasteiger partial charge in [-0.3, -0.25) is 9.59 Å². The molecule has 0 aliphatic carbocycles. The van der Waals surface area contributed by atoms with E-state index in [2.05, 4.69) is 14.9 Å². The molecule has 4 rings (SSSR count). The molecule has 0 bridgehead atoms. The summed E-state index contributed by atoms with van der Waals surface area (Å²) in [4.78, 5) is 30.7. The number of likely N-dealkylation sites (tertiary alicyclic amines) is 1. The number of para-hydroxylation sites is 1. The summed E-state index contributed by atoms with van der Waals surface area (Å²) in [5, 5.41) is 2.79. The topological polar surface area (TPSA) is 76.5 Å². The van der Waals surface area contributed by atoms with Gasteiger partial charge in [-0.1, -0.05) is 6.07 Å². The Balaban J connectivity index is 1.51. The van der Waals surface area contributed by atoms with E-state index in [9.17, 15) is 9.59 Å². The number of rotatable bonds is 2. The number of anilines is 1. The van der Waals surface area contributed by atoms with Crippen molar-refractivity contribution in [1.29, 1.82) is 0 Å². The van der Waals surface area contributed by atoms with Crippen molar-refractivity contribution in [2.45, 2.75) is 31.9 Å². The van der Waals surface area contributed by atoms with Gasteiger partial charge in [0.25, 0.3) is 11.8 Å². The molecule has 25 heavy (non-hydrogen) atoms. The summed E-state index contributed by atoms with van der Waals surface area (Å²) in [6.07, 6.45) is 6.76. The van der Waals surface area contributed by atoms with Gasteiger partial charge in [0.2, 0.25) is 0 Å². The fourth-order valence-electron chi connectivity index (χ4n) is 3.42. The second kappa shape index (κ2) is 6.23. The van der Waals surface area contributed by atoms with Gasteiger partial charge >= 0.3 is 0 Å². The molecule has 1 atom stereocenters. The number of nitrogens with one attached hydrogen (secondary N) is 1. The van der Waals surface area contributed by atoms with Gasteiger partial charge in [-0.15, -0.1) is 0 Å². The maximum Gasteiger partial charge on any atom is 0.265 e. The molecule has 2 aliphatic rings. The Morgan fingerprint density at radius 2 is 2.12 bits per heavy atom. The highest BCUT2D eigenvalue weighted by molar-refractivity contribution is 6.04. The van der Waals surface area contributed by atoms with E-state index in [1.807, 2.05) is 17.4 Å². The number of fused-ring (bicyclic) bond motifs is 1. The second-order valence-electron chi connectivity index (χ2n) is 6.46. The highest BCUT2D eigenvalue weighted by atomic mass is 16.5. The average molecular weight is 340 g/mol. The van der Waals surface area contributed by atoms with E-state index in [1.54, 1.807) is 31.3 Å². The molecule has 0 saturated carbocycles. The lowest BCUT2D eigenvalue weighted by Crippen LogP contribution is -2.40. The van der Waals surface area contributed by atoms with Gasteiger partial charge < -0.3 is 19.5 Å². The van der Waals surface area contributed by atoms with Gasteiger partial charge in [-0.05, 0) is 31.9 Å². The number of nitrogens with zero attached hydrogens (tertiary/aromatic N) is 3. The Hall–Kier alpha value is -2.83. The van der Waals surface area contributed by atoms with Gasteiger partial charge in [0.1, 0.15) is 0 Å². The molecule has 0 radical (unpaired) electrons. The third-order valence-electron chi connectivity index (χ3n) is 4.87. The summed E-state index contributed by atoms with van der Waals surface area (Å²) in [5.41, 5.74) is 1.06. The average Bonchev–Trinajstić information content (AvgIpc) is 3.16. The molecule has 1 aromatic heterocycles. The van der Waals surface area contributed by atoms with Crippen molar-refractivity contribution in [2.24, 2.45) is 0 Å². The maximum atomic E-state index is 13.0. The molecule has 7 nitrogen and oxygen atoms in total. The van der Waals surface area contributed by atoms with E-state index in [1.165, 1.54) is 0 Å². The minimum atomic E-state index is -0.603. The zero-order valence-corrected chi connectivity index (χ0v) is 14.0. The number of hydrogen-bond donors (Lipinski definition) is 1. The molecule has 130 valence electrons. The minimum absolute atomic E-state index is 0.0516. The summed E-state index contributed by atoms with van der Waals surface area (Å²) >= 11 is 0. The van der Waals surface area contributed by atoms with Crippen LogP contribution in [0.5, 0.6) is 5.75 Å². The first kappa shape index (κ1) is 15.7. The van der Waals surface area contributed by atoms with E-state index in [0.29, 0.717) is 36.1 Å². The Labute approximate surface area is 145 Å². The monoisotopic (exact) mass is 340 g/mol. The summed E-state index contributed by atoms with van der Waals surface area (Å²) < 4.78 is 7.80. The van der Waals surface area contributed by atoms with Crippen molar-refractivity contribution >= 4 is 17.5 Å². The van der Waals surface area contributed by atoms with E-state index in [-0.39, 0.29) is 11.8 Å². The van der Waals surface area contributed by atoms with E-state index in [0.717, 1.165) is 12.8 Å². The first-order valence-electron chi connectivity index (χ1n) is 8.51. The quantitative estimate of drug-likeness (QED) is 0.908. The Bertz CT molecular complexity index is 795. The van der Waals surface area contributed by atoms with Crippen molar-refractivity contribution in [2.75, 3.05) is 18.4 Å². The number of ether oxygens (including phenoxy) is 1. The lowest BCUT2D eigenvalue weighted by Gasteiger charge is -2.33. The Morgan fingerprint density at radius 1 is 1.32 bits per heavy atom. The van der Waals surface area contributed by atoms with Crippen LogP contribution >= 0.6 is 0 Å². The van der Waals surface area contributed by atoms with Crippen LogP contribution in [-0.4, -0.2) is 45.5 Å². The summed E-state index contributed by atoms with van der Waals surface area (Å²) in [5.74, 6) is 0.221. The summed E-state index contributed by atoms with van der Waals surface area (Å²) in [6, 6.07) is 5.66. The molecule has 1 unspecified atom stereocenters. The van der Waals surface area contributed by atoms with Gasteiger partial charge in [0.05, 0.1) is 17.6 Å². The number of benzene rings is 1. The van der Waals surface area contributed by atoms with Crippen molar-refractivity contribution in [3.8, 4) is 5.75 Å². The van der Waals surface area contributed by atoms with E-state index in [4.69, 9.17) is 4.74 Å². The van der Waals surface area contributed by atoms with Crippen LogP contribution in [0.25, 0.3) is 0 Å². The molecular weight excluding hydrogens is 320 g/mol. The number of piperidine rings is 1. The SMILES string of the molecule is CC1Oc2c(cccc2C(=O)N2CCC(n3ccnc3)CC2)NC1=O. The van der Waals surface area contributed by atoms with Gasteiger partial charge in [-0.25, -0.2) is 4.98 Å². The van der Waals surface area contributed by atoms with Crippen LogP contribution in [0.3, 0.4) is 0 Å². The van der Waals surface area contributed by atoms with Crippen LogP contribution in [0.1, 0.15) is 36.2 Å². The highest BCUT2D eigenvalue weighted by Crippen LogP contribution is 2.34. The summed E-state index contributed by atoms with van der Waals surface area (Å²) in [7, 11) is 0. The number of amides is 2. The normalized spacial score (nSPS) is 20.6. The molecule has 1 N–H and O–H groups in total. The zero-order valence-electron chi connectivity index (χ0n) is 14.0. The van der Waals surface area contributed by atoms with Crippen molar-refractivity contribution < 1.29 is 14.3 Å². The largest absolute Gasteiger partial charge is 0.478 e. The minimum Gasteiger partial charge on any atom is -0.478 e. The number of hydrogen-bond acceptors (Lipinski definition) is 4. The van der Waals surface area contributed by atoms with Gasteiger partial charge in [-0.2, -0.15) is 0 Å². The van der Waals surface area contributed by atoms with Crippen LogP contribution in [0.2, 0.25) is 0 Å². The number of aromatic nitrogens is 2. The van der Waals surface area contributed by atoms with E-state index >= 15 is 0 Å². The highest BCUT2D eigenvalue weighted by Gasteiger charge is 2.31. The lowest BCUT2D eigenvalue weighted by molar-refractivity contribution is -0.122. The zero-order chi connectivity index (χ0) is 17.4. The molecular formula is C18H20N4O3. The van der Waals surface area contributed by atoms with Gasteiger partial charge in [0.15, 0.2) is 11.9 Å². The third kappa shape index (κ3) is 2.86. The first-order chi connectivity index (χ1) is 12.1. The molecule has 0 spiro atoms. The molecule has 3 heterocycles. The lowest BCUT2D eigenvalue weighted by atomic mass is 10.0. The van der Waals surface area contributed by atoms with Crippen LogP contribution in [0, 0.1) is 0 Å². The predicted molar refractivity (Wildman–Crippen MR) is 91.6 cm³/mol. The molecule has 2 aliphatic heterocycles. The van der Waals surface area contributed by atoms with Crippen LogP contribution in [0.15, 0.2) is 36.9 Å². The number of imidazole rings is 1. The van der Waals surface area contributed by atoms with E-state index < -0.39 is 6.10 Å². The summed E-state index contributed by atoms with van der Waals surface area (Å²) in [6.45, 7) is 3.05. The third-order valence-corrected chi connectivity index (χ3v) is 4.87. The second-order valence-corrected chi connectivity index (χ2v) is 6.46. The number of carbonyl (C=O) groups is 2.